The third-order valence-corrected chi connectivity index (χ3v) is 7.08. The molecule has 0 spiro atoms. The average Bonchev–Trinajstić information content (AvgIpc) is 2.76. The largest absolute Gasteiger partial charge is 0.256 e. The molecule has 0 saturated carbocycles. The molecular formula is C31H36FN. The quantitative estimate of drug-likeness (QED) is 0.395. The van der Waals surface area contributed by atoms with Crippen LogP contribution in [0.5, 0.6) is 0 Å². The van der Waals surface area contributed by atoms with Crippen molar-refractivity contribution in [3.63, 3.8) is 0 Å². The van der Waals surface area contributed by atoms with Gasteiger partial charge in [0.2, 0.25) is 0 Å². The van der Waals surface area contributed by atoms with Crippen LogP contribution < -0.4 is 0 Å². The Morgan fingerprint density at radius 3 is 1.94 bits per heavy atom. The molecule has 0 aliphatic heterocycles. The van der Waals surface area contributed by atoms with Gasteiger partial charge in [0.15, 0.2) is 0 Å². The molecule has 0 amide bonds. The van der Waals surface area contributed by atoms with Crippen LogP contribution in [-0.4, -0.2) is 4.98 Å². The predicted octanol–water partition coefficient (Wildman–Crippen LogP) is 8.65. The van der Waals surface area contributed by atoms with Gasteiger partial charge in [0.05, 0.1) is 11.4 Å². The number of fused-ring (bicyclic) bond motifs is 2. The normalized spacial score (nSPS) is 16.3. The van der Waals surface area contributed by atoms with Gasteiger partial charge < -0.3 is 0 Å². The molecule has 0 radical (unpaired) electrons. The zero-order chi connectivity index (χ0) is 24.1. The zero-order valence-corrected chi connectivity index (χ0v) is 21.3. The molecule has 1 heterocycles. The summed E-state index contributed by atoms with van der Waals surface area (Å²) in [5, 5.41) is 0. The van der Waals surface area contributed by atoms with Crippen LogP contribution in [0.1, 0.15) is 94.9 Å². The Bertz CT molecular complexity index is 1210. The molecule has 0 bridgehead atoms. The van der Waals surface area contributed by atoms with Crippen LogP contribution in [0.4, 0.5) is 4.39 Å². The van der Waals surface area contributed by atoms with Crippen LogP contribution in [-0.2, 0) is 10.8 Å². The lowest BCUT2D eigenvalue weighted by Crippen LogP contribution is -2.38. The van der Waals surface area contributed by atoms with Crippen LogP contribution in [0.2, 0.25) is 0 Å². The van der Waals surface area contributed by atoms with Crippen molar-refractivity contribution in [2.24, 2.45) is 5.92 Å². The number of nitrogens with zero attached hydrogens (tertiary/aromatic N) is 1. The highest BCUT2D eigenvalue weighted by molar-refractivity contribution is 5.83. The molecule has 1 aromatic heterocycles. The van der Waals surface area contributed by atoms with E-state index in [4.69, 9.17) is 4.98 Å². The minimum Gasteiger partial charge on any atom is -0.256 e. The number of aromatic nitrogens is 1. The number of hydrogen-bond donors (Lipinski definition) is 0. The van der Waals surface area contributed by atoms with Crippen molar-refractivity contribution in [2.75, 3.05) is 0 Å². The van der Waals surface area contributed by atoms with Crippen molar-refractivity contribution in [1.82, 2.24) is 4.98 Å². The first-order valence-electron chi connectivity index (χ1n) is 12.1. The Hall–Kier alpha value is -2.74. The molecule has 0 atom stereocenters. The molecule has 33 heavy (non-hydrogen) atoms. The van der Waals surface area contributed by atoms with E-state index in [0.717, 1.165) is 22.5 Å². The van der Waals surface area contributed by atoms with Gasteiger partial charge in [-0.2, -0.15) is 0 Å². The summed E-state index contributed by atoms with van der Waals surface area (Å²) in [7, 11) is 0. The Morgan fingerprint density at radius 2 is 1.39 bits per heavy atom. The van der Waals surface area contributed by atoms with E-state index in [1.54, 1.807) is 12.1 Å². The van der Waals surface area contributed by atoms with Crippen molar-refractivity contribution in [1.29, 1.82) is 0 Å². The molecule has 0 unspecified atom stereocenters. The zero-order valence-electron chi connectivity index (χ0n) is 21.3. The summed E-state index contributed by atoms with van der Waals surface area (Å²) in [5.41, 5.74) is 9.08. The van der Waals surface area contributed by atoms with Crippen molar-refractivity contribution in [2.45, 2.75) is 72.1 Å². The van der Waals surface area contributed by atoms with E-state index in [1.165, 1.54) is 22.3 Å². The van der Waals surface area contributed by atoms with Gasteiger partial charge in [-0.05, 0) is 51.8 Å². The molecule has 172 valence electrons. The number of rotatable bonds is 4. The van der Waals surface area contributed by atoms with E-state index in [2.05, 4.69) is 91.8 Å². The molecule has 0 fully saturated rings. The molecule has 0 saturated heterocycles. The molecule has 4 rings (SSSR count). The maximum Gasteiger partial charge on any atom is 0.123 e. The SMILES string of the molecule is CC(C)/C=C/c1c(C(C)C)nc2c(c1-c1ccc(F)cc1)C(C)(C)c1ccccc1C2(C)C. The summed E-state index contributed by atoms with van der Waals surface area (Å²) < 4.78 is 13.9. The number of pyridine rings is 1. The molecular weight excluding hydrogens is 405 g/mol. The van der Waals surface area contributed by atoms with Crippen LogP contribution in [0.25, 0.3) is 17.2 Å². The fourth-order valence-corrected chi connectivity index (χ4v) is 5.33. The fraction of sp³-hybridized carbons (Fsp3) is 0.387. The molecule has 1 aliphatic carbocycles. The third kappa shape index (κ3) is 3.84. The predicted molar refractivity (Wildman–Crippen MR) is 138 cm³/mol. The molecule has 0 N–H and O–H groups in total. The molecule has 1 nitrogen and oxygen atoms in total. The molecule has 3 aromatic rings. The van der Waals surface area contributed by atoms with Crippen LogP contribution >= 0.6 is 0 Å². The van der Waals surface area contributed by atoms with Gasteiger partial charge in [0.1, 0.15) is 5.82 Å². The topological polar surface area (TPSA) is 12.9 Å². The maximum absolute atomic E-state index is 13.9. The number of allylic oxidation sites excluding steroid dienone is 1. The minimum atomic E-state index is -0.242. The molecule has 1 aliphatic rings. The van der Waals surface area contributed by atoms with E-state index in [1.807, 2.05) is 12.1 Å². The average molecular weight is 442 g/mol. The summed E-state index contributed by atoms with van der Waals surface area (Å²) in [6.45, 7) is 18.0. The smallest absolute Gasteiger partial charge is 0.123 e. The standard InChI is InChI=1S/C31H36FN/c1-19(2)13-18-23-26(21-14-16-22(32)17-15-21)27-29(33-28(23)20(3)4)31(7,8)25-12-10-9-11-24(25)30(27,5)6/h9-20H,1-8H3/b18-13+. The van der Waals surface area contributed by atoms with E-state index in [-0.39, 0.29) is 22.6 Å². The Morgan fingerprint density at radius 1 is 0.818 bits per heavy atom. The first kappa shape index (κ1) is 23.4. The lowest BCUT2D eigenvalue weighted by atomic mass is 9.60. The van der Waals surface area contributed by atoms with Gasteiger partial charge in [0, 0.05) is 16.4 Å². The van der Waals surface area contributed by atoms with Gasteiger partial charge in [0.25, 0.3) is 0 Å². The van der Waals surface area contributed by atoms with E-state index in [9.17, 15) is 4.39 Å². The van der Waals surface area contributed by atoms with Gasteiger partial charge in [-0.3, -0.25) is 4.98 Å². The van der Waals surface area contributed by atoms with Crippen LogP contribution in [0, 0.1) is 11.7 Å². The lowest BCUT2D eigenvalue weighted by Gasteiger charge is -2.45. The van der Waals surface area contributed by atoms with Crippen molar-refractivity contribution in [3.05, 3.63) is 94.1 Å². The summed E-state index contributed by atoms with van der Waals surface area (Å²) in [5.74, 6) is 0.472. The van der Waals surface area contributed by atoms with Gasteiger partial charge in [-0.15, -0.1) is 0 Å². The Labute approximate surface area is 198 Å². The first-order chi connectivity index (χ1) is 15.5. The van der Waals surface area contributed by atoms with Crippen LogP contribution in [0.3, 0.4) is 0 Å². The van der Waals surface area contributed by atoms with Crippen molar-refractivity contribution < 1.29 is 4.39 Å². The summed E-state index contributed by atoms with van der Waals surface area (Å²) in [4.78, 5) is 5.42. The van der Waals surface area contributed by atoms with E-state index >= 15 is 0 Å². The fourth-order valence-electron chi connectivity index (χ4n) is 5.33. The van der Waals surface area contributed by atoms with Gasteiger partial charge in [-0.1, -0.05) is 104 Å². The van der Waals surface area contributed by atoms with Crippen LogP contribution in [0.15, 0.2) is 54.6 Å². The van der Waals surface area contributed by atoms with E-state index in [0.29, 0.717) is 5.92 Å². The first-order valence-corrected chi connectivity index (χ1v) is 12.1. The molecule has 2 heteroatoms. The summed E-state index contributed by atoms with van der Waals surface area (Å²) in [6, 6.07) is 15.8. The van der Waals surface area contributed by atoms with Gasteiger partial charge in [-0.25, -0.2) is 4.39 Å². The minimum absolute atomic E-state index is 0.213. The number of hydrogen-bond acceptors (Lipinski definition) is 1. The summed E-state index contributed by atoms with van der Waals surface area (Å²) in [6.07, 6.45) is 4.49. The maximum atomic E-state index is 13.9. The Kier molecular flexibility index (Phi) is 5.85. The monoisotopic (exact) mass is 441 g/mol. The second kappa shape index (κ2) is 8.24. The highest BCUT2D eigenvalue weighted by atomic mass is 19.1. The van der Waals surface area contributed by atoms with E-state index < -0.39 is 0 Å². The highest BCUT2D eigenvalue weighted by Gasteiger charge is 2.45. The summed E-state index contributed by atoms with van der Waals surface area (Å²) >= 11 is 0. The van der Waals surface area contributed by atoms with Crippen molar-refractivity contribution in [3.8, 4) is 11.1 Å². The highest BCUT2D eigenvalue weighted by Crippen LogP contribution is 2.53. The Balaban J connectivity index is 2.21. The lowest BCUT2D eigenvalue weighted by molar-refractivity contribution is 0.502. The van der Waals surface area contributed by atoms with Crippen molar-refractivity contribution >= 4 is 6.08 Å². The number of benzene rings is 2. The third-order valence-electron chi connectivity index (χ3n) is 7.08. The second-order valence-corrected chi connectivity index (χ2v) is 11.1. The van der Waals surface area contributed by atoms with Gasteiger partial charge >= 0.3 is 0 Å². The second-order valence-electron chi connectivity index (χ2n) is 11.1. The molecule has 2 aromatic carbocycles. The number of halogens is 1.